The van der Waals surface area contributed by atoms with Crippen LogP contribution in [0, 0.1) is 18.3 Å². The molecule has 1 fully saturated rings. The lowest BCUT2D eigenvalue weighted by Crippen LogP contribution is -2.41. The Bertz CT molecular complexity index is 1430. The fourth-order valence-corrected chi connectivity index (χ4v) is 4.12. The van der Waals surface area contributed by atoms with E-state index in [4.69, 9.17) is 14.9 Å². The number of methoxy groups -OCH3 is 1. The molecule has 0 spiro atoms. The SMILES string of the molecule is CN=C(Cn1c(C)nc2ncc(-c3ccn4ncnc(OC)c34)cc21)OC(=N)C1CC(F)(F)C1. The predicted octanol–water partition coefficient (Wildman–Crippen LogP) is 3.53. The molecule has 1 N–H and O–H groups in total. The van der Waals surface area contributed by atoms with Gasteiger partial charge < -0.3 is 14.0 Å². The largest absolute Gasteiger partial charge is 0.479 e. The van der Waals surface area contributed by atoms with Crippen LogP contribution in [0.25, 0.3) is 27.8 Å². The number of ether oxygens (including phenoxy) is 2. The molecule has 12 heteroatoms. The van der Waals surface area contributed by atoms with Gasteiger partial charge in [0, 0.05) is 49.3 Å². The molecule has 1 aliphatic carbocycles. The molecule has 4 aromatic rings. The smallest absolute Gasteiger partial charge is 0.249 e. The monoisotopic (exact) mass is 468 g/mol. The van der Waals surface area contributed by atoms with Crippen LogP contribution in [0.3, 0.4) is 0 Å². The summed E-state index contributed by atoms with van der Waals surface area (Å²) in [6, 6.07) is 3.84. The van der Waals surface area contributed by atoms with Crippen molar-refractivity contribution in [2.45, 2.75) is 32.2 Å². The van der Waals surface area contributed by atoms with Crippen molar-refractivity contribution in [3.8, 4) is 17.0 Å². The number of aromatic nitrogens is 6. The van der Waals surface area contributed by atoms with Gasteiger partial charge in [-0.15, -0.1) is 0 Å². The van der Waals surface area contributed by atoms with E-state index in [0.29, 0.717) is 22.9 Å². The number of hydrogen-bond acceptors (Lipinski definition) is 8. The summed E-state index contributed by atoms with van der Waals surface area (Å²) in [4.78, 5) is 17.3. The molecule has 10 nitrogen and oxygen atoms in total. The number of rotatable bonds is 5. The molecule has 0 saturated heterocycles. The van der Waals surface area contributed by atoms with E-state index in [1.807, 2.05) is 29.8 Å². The Labute approximate surface area is 192 Å². The Morgan fingerprint density at radius 3 is 2.82 bits per heavy atom. The van der Waals surface area contributed by atoms with Crippen molar-refractivity contribution in [3.63, 3.8) is 0 Å². The number of nitrogens with zero attached hydrogens (tertiary/aromatic N) is 7. The lowest BCUT2D eigenvalue weighted by atomic mass is 9.81. The summed E-state index contributed by atoms with van der Waals surface area (Å²) < 4.78 is 40.9. The summed E-state index contributed by atoms with van der Waals surface area (Å²) in [5.74, 6) is -2.17. The van der Waals surface area contributed by atoms with Gasteiger partial charge >= 0.3 is 0 Å². The molecule has 0 bridgehead atoms. The van der Waals surface area contributed by atoms with Gasteiger partial charge in [-0.2, -0.15) is 10.1 Å². The van der Waals surface area contributed by atoms with Gasteiger partial charge in [0.1, 0.15) is 24.2 Å². The molecule has 1 aliphatic rings. The van der Waals surface area contributed by atoms with Crippen LogP contribution in [0.1, 0.15) is 18.7 Å². The van der Waals surface area contributed by atoms with Crippen molar-refractivity contribution < 1.29 is 18.3 Å². The first-order valence-corrected chi connectivity index (χ1v) is 10.6. The highest BCUT2D eigenvalue weighted by Gasteiger charge is 2.48. The Balaban J connectivity index is 1.47. The summed E-state index contributed by atoms with van der Waals surface area (Å²) >= 11 is 0. The van der Waals surface area contributed by atoms with Crippen molar-refractivity contribution in [1.82, 2.24) is 29.1 Å². The fraction of sp³-hybridized carbons (Fsp3) is 0.364. The summed E-state index contributed by atoms with van der Waals surface area (Å²) in [6.45, 7) is 2.01. The summed E-state index contributed by atoms with van der Waals surface area (Å²) in [7, 11) is 3.09. The summed E-state index contributed by atoms with van der Waals surface area (Å²) in [5, 5.41) is 12.3. The van der Waals surface area contributed by atoms with E-state index in [9.17, 15) is 8.78 Å². The minimum absolute atomic E-state index is 0.179. The topological polar surface area (TPSA) is 116 Å². The number of aliphatic imine (C=N–C) groups is 1. The molecule has 0 radical (unpaired) electrons. The van der Waals surface area contributed by atoms with Crippen molar-refractivity contribution >= 4 is 28.5 Å². The second-order valence-electron chi connectivity index (χ2n) is 8.15. The second kappa shape index (κ2) is 8.12. The number of imidazole rings is 1. The van der Waals surface area contributed by atoms with E-state index in [0.717, 1.165) is 16.6 Å². The Hall–Kier alpha value is -3.96. The third-order valence-electron chi connectivity index (χ3n) is 5.95. The van der Waals surface area contributed by atoms with Crippen LogP contribution in [0.2, 0.25) is 0 Å². The van der Waals surface area contributed by atoms with Crippen molar-refractivity contribution in [2.24, 2.45) is 10.9 Å². The maximum Gasteiger partial charge on any atom is 0.249 e. The zero-order valence-corrected chi connectivity index (χ0v) is 18.8. The number of alkyl halides is 2. The summed E-state index contributed by atoms with van der Waals surface area (Å²) in [5.41, 5.74) is 3.63. The molecule has 1 saturated carbocycles. The number of halogens is 2. The van der Waals surface area contributed by atoms with E-state index in [1.165, 1.54) is 13.4 Å². The third-order valence-corrected chi connectivity index (χ3v) is 5.95. The van der Waals surface area contributed by atoms with Gasteiger partial charge in [0.25, 0.3) is 0 Å². The molecule has 4 aromatic heterocycles. The number of nitrogens with one attached hydrogen (secondary N) is 1. The van der Waals surface area contributed by atoms with E-state index in [-0.39, 0.29) is 31.2 Å². The lowest BCUT2D eigenvalue weighted by molar-refractivity contribution is -0.0943. The third kappa shape index (κ3) is 3.74. The highest BCUT2D eigenvalue weighted by atomic mass is 19.3. The van der Waals surface area contributed by atoms with E-state index < -0.39 is 11.8 Å². The average Bonchev–Trinajstić information content (AvgIpc) is 3.37. The Kier molecular flexibility index (Phi) is 5.22. The predicted molar refractivity (Wildman–Crippen MR) is 121 cm³/mol. The van der Waals surface area contributed by atoms with Crippen molar-refractivity contribution in [2.75, 3.05) is 14.2 Å². The number of pyridine rings is 1. The van der Waals surface area contributed by atoms with Crippen molar-refractivity contribution in [3.05, 3.63) is 36.7 Å². The molecule has 0 amide bonds. The number of fused-ring (bicyclic) bond motifs is 2. The fourth-order valence-electron chi connectivity index (χ4n) is 4.12. The van der Waals surface area contributed by atoms with Crippen LogP contribution in [0.4, 0.5) is 8.78 Å². The first-order chi connectivity index (χ1) is 16.3. The maximum atomic E-state index is 13.2. The van der Waals surface area contributed by atoms with Gasteiger partial charge in [0.05, 0.1) is 12.6 Å². The second-order valence-corrected chi connectivity index (χ2v) is 8.15. The maximum absolute atomic E-state index is 13.2. The van der Waals surface area contributed by atoms with Gasteiger partial charge in [-0.1, -0.05) is 0 Å². The number of hydrogen-bond donors (Lipinski definition) is 1. The van der Waals surface area contributed by atoms with Crippen molar-refractivity contribution in [1.29, 1.82) is 5.41 Å². The van der Waals surface area contributed by atoms with Crippen LogP contribution < -0.4 is 4.74 Å². The molecule has 176 valence electrons. The molecule has 0 aliphatic heterocycles. The lowest BCUT2D eigenvalue weighted by Gasteiger charge is -2.34. The highest BCUT2D eigenvalue weighted by molar-refractivity contribution is 5.93. The van der Waals surface area contributed by atoms with Crippen LogP contribution >= 0.6 is 0 Å². The van der Waals surface area contributed by atoms with Gasteiger partial charge in [-0.3, -0.25) is 10.4 Å². The van der Waals surface area contributed by atoms with Crippen LogP contribution in [-0.4, -0.2) is 61.0 Å². The Morgan fingerprint density at radius 1 is 1.32 bits per heavy atom. The number of aryl methyl sites for hydroxylation is 1. The zero-order chi connectivity index (χ0) is 24.0. The normalized spacial score (nSPS) is 16.1. The van der Waals surface area contributed by atoms with Gasteiger partial charge in [-0.05, 0) is 19.1 Å². The van der Waals surface area contributed by atoms with E-state index >= 15 is 0 Å². The average molecular weight is 468 g/mol. The van der Waals surface area contributed by atoms with Crippen LogP contribution in [0.5, 0.6) is 5.88 Å². The molecule has 0 aromatic carbocycles. The first-order valence-electron chi connectivity index (χ1n) is 10.6. The van der Waals surface area contributed by atoms with Gasteiger partial charge in [0.2, 0.25) is 17.7 Å². The van der Waals surface area contributed by atoms with E-state index in [1.54, 1.807) is 17.8 Å². The molecule has 0 unspecified atom stereocenters. The molecule has 34 heavy (non-hydrogen) atoms. The molecule has 4 heterocycles. The van der Waals surface area contributed by atoms with Crippen LogP contribution in [-0.2, 0) is 11.3 Å². The van der Waals surface area contributed by atoms with E-state index in [2.05, 4.69) is 25.0 Å². The quantitative estimate of drug-likeness (QED) is 0.354. The standard InChI is InChI=1S/C22H22F2N8O2/c1-12-30-20-16(31(12)10-17(26-2)34-19(25)14-7-22(23,24)8-14)6-13(9-27-20)15-4-5-32-18(15)21(33-3)28-11-29-32/h4-6,9,11,14,25H,7-8,10H2,1-3H3. The highest BCUT2D eigenvalue weighted by Crippen LogP contribution is 2.43. The zero-order valence-electron chi connectivity index (χ0n) is 18.8. The summed E-state index contributed by atoms with van der Waals surface area (Å²) in [6.07, 6.45) is 4.21. The molecule has 0 atom stereocenters. The minimum Gasteiger partial charge on any atom is -0.479 e. The first kappa shape index (κ1) is 21.9. The van der Waals surface area contributed by atoms with Gasteiger partial charge in [-0.25, -0.2) is 23.3 Å². The molecular weight excluding hydrogens is 446 g/mol. The van der Waals surface area contributed by atoms with Crippen LogP contribution in [0.15, 0.2) is 35.8 Å². The molecule has 5 rings (SSSR count). The van der Waals surface area contributed by atoms with Gasteiger partial charge in [0.15, 0.2) is 11.5 Å². The molecular formula is C22H22F2N8O2. The minimum atomic E-state index is -2.72. The Morgan fingerprint density at radius 2 is 2.12 bits per heavy atom.